The Kier molecular flexibility index (Phi) is 3.43. The summed E-state index contributed by atoms with van der Waals surface area (Å²) in [6.45, 7) is 1.16. The van der Waals surface area contributed by atoms with Crippen molar-refractivity contribution in [3.8, 4) is 0 Å². The van der Waals surface area contributed by atoms with Gasteiger partial charge in [-0.25, -0.2) is 5.06 Å². The van der Waals surface area contributed by atoms with Gasteiger partial charge in [0, 0.05) is 0 Å². The Morgan fingerprint density at radius 1 is 1.12 bits per heavy atom. The van der Waals surface area contributed by atoms with Crippen LogP contribution in [-0.2, 0) is 14.4 Å². The van der Waals surface area contributed by atoms with Crippen molar-refractivity contribution < 1.29 is 19.5 Å². The number of carbonyl (C=O) groups is 2. The van der Waals surface area contributed by atoms with E-state index in [1.54, 1.807) is 0 Å². The summed E-state index contributed by atoms with van der Waals surface area (Å²) >= 11 is 0. The Hall–Kier alpha value is -1.10. The third-order valence-corrected chi connectivity index (χ3v) is 3.40. The van der Waals surface area contributed by atoms with E-state index < -0.39 is 11.9 Å². The van der Waals surface area contributed by atoms with Gasteiger partial charge in [-0.3, -0.25) is 14.4 Å². The number of carboxylic acids is 1. The van der Waals surface area contributed by atoms with Crippen LogP contribution in [0, 0.1) is 11.8 Å². The average Bonchev–Trinajstić information content (AvgIpc) is 2.81. The van der Waals surface area contributed by atoms with E-state index in [0.29, 0.717) is 26.0 Å². The first kappa shape index (κ1) is 11.4. The molecule has 0 radical (unpaired) electrons. The molecule has 2 atom stereocenters. The van der Waals surface area contributed by atoms with Gasteiger partial charge in [0.25, 0.3) is 0 Å². The largest absolute Gasteiger partial charge is 0.481 e. The van der Waals surface area contributed by atoms with Gasteiger partial charge in [0.1, 0.15) is 0 Å². The molecule has 2 rings (SSSR count). The summed E-state index contributed by atoms with van der Waals surface area (Å²) in [6, 6.07) is 0. The molecular formula is C11H17NO4. The van der Waals surface area contributed by atoms with E-state index in [2.05, 4.69) is 0 Å². The number of hydrogen-bond acceptors (Lipinski definition) is 3. The molecule has 5 heteroatoms. The van der Waals surface area contributed by atoms with Gasteiger partial charge in [-0.1, -0.05) is 12.8 Å². The molecule has 1 heterocycles. The topological polar surface area (TPSA) is 66.8 Å². The second-order valence-corrected chi connectivity index (χ2v) is 4.46. The highest BCUT2D eigenvalue weighted by Crippen LogP contribution is 2.32. The molecule has 0 aromatic rings. The molecule has 0 unspecified atom stereocenters. The van der Waals surface area contributed by atoms with Crippen molar-refractivity contribution in [2.45, 2.75) is 32.1 Å². The molecule has 2 aliphatic rings. The molecule has 1 saturated carbocycles. The maximum atomic E-state index is 12.1. The molecule has 0 bridgehead atoms. The highest BCUT2D eigenvalue weighted by Gasteiger charge is 2.38. The average molecular weight is 227 g/mol. The lowest BCUT2D eigenvalue weighted by molar-refractivity contribution is -0.179. The number of carboxylic acid groups (broad SMARTS) is 1. The van der Waals surface area contributed by atoms with Crippen LogP contribution >= 0.6 is 0 Å². The molecule has 0 spiro atoms. The van der Waals surface area contributed by atoms with E-state index >= 15 is 0 Å². The van der Waals surface area contributed by atoms with Crippen LogP contribution in [0.2, 0.25) is 0 Å². The molecule has 16 heavy (non-hydrogen) atoms. The minimum absolute atomic E-state index is 0.135. The van der Waals surface area contributed by atoms with Gasteiger partial charge in [-0.2, -0.15) is 0 Å². The third-order valence-electron chi connectivity index (χ3n) is 3.40. The van der Waals surface area contributed by atoms with E-state index in [0.717, 1.165) is 19.3 Å². The van der Waals surface area contributed by atoms with Crippen molar-refractivity contribution in [1.82, 2.24) is 5.06 Å². The van der Waals surface area contributed by atoms with Crippen molar-refractivity contribution in [1.29, 1.82) is 0 Å². The van der Waals surface area contributed by atoms with E-state index in [-0.39, 0.29) is 11.8 Å². The zero-order chi connectivity index (χ0) is 11.5. The lowest BCUT2D eigenvalue weighted by Crippen LogP contribution is -2.40. The highest BCUT2D eigenvalue weighted by atomic mass is 16.7. The third kappa shape index (κ3) is 2.19. The zero-order valence-electron chi connectivity index (χ0n) is 9.22. The monoisotopic (exact) mass is 227 g/mol. The molecule has 2 fully saturated rings. The Morgan fingerprint density at radius 3 is 2.38 bits per heavy atom. The van der Waals surface area contributed by atoms with Crippen LogP contribution in [0.1, 0.15) is 32.1 Å². The number of amides is 1. The van der Waals surface area contributed by atoms with Gasteiger partial charge in [-0.15, -0.1) is 0 Å². The molecule has 5 nitrogen and oxygen atoms in total. The summed E-state index contributed by atoms with van der Waals surface area (Å²) < 4.78 is 0. The predicted octanol–water partition coefficient (Wildman–Crippen LogP) is 1.04. The van der Waals surface area contributed by atoms with E-state index in [1.807, 2.05) is 0 Å². The summed E-state index contributed by atoms with van der Waals surface area (Å²) in [6.07, 6.45) is 3.97. The number of aliphatic carboxylic acids is 1. The lowest BCUT2D eigenvalue weighted by atomic mass is 9.78. The first-order chi connectivity index (χ1) is 7.70. The van der Waals surface area contributed by atoms with Gasteiger partial charge >= 0.3 is 5.97 Å². The SMILES string of the molecule is O=C(O)[C@H]1CCCC[C@H]1C(=O)N1CCCO1. The Morgan fingerprint density at radius 2 is 1.81 bits per heavy atom. The molecular weight excluding hydrogens is 210 g/mol. The van der Waals surface area contributed by atoms with Crippen LogP contribution in [0.3, 0.4) is 0 Å². The molecule has 1 N–H and O–H groups in total. The van der Waals surface area contributed by atoms with Crippen molar-refractivity contribution in [2.24, 2.45) is 11.8 Å². The zero-order valence-corrected chi connectivity index (χ0v) is 9.22. The predicted molar refractivity (Wildman–Crippen MR) is 55.4 cm³/mol. The maximum Gasteiger partial charge on any atom is 0.307 e. The van der Waals surface area contributed by atoms with Gasteiger partial charge in [-0.05, 0) is 19.3 Å². The van der Waals surface area contributed by atoms with Crippen LogP contribution < -0.4 is 0 Å². The fourth-order valence-electron chi connectivity index (χ4n) is 2.53. The van der Waals surface area contributed by atoms with Gasteiger partial charge < -0.3 is 5.11 Å². The summed E-state index contributed by atoms with van der Waals surface area (Å²) in [5.74, 6) is -1.89. The molecule has 1 saturated heterocycles. The maximum absolute atomic E-state index is 12.1. The second-order valence-electron chi connectivity index (χ2n) is 4.46. The Balaban J connectivity index is 2.04. The summed E-state index contributed by atoms with van der Waals surface area (Å²) in [4.78, 5) is 28.3. The fraction of sp³-hybridized carbons (Fsp3) is 0.818. The van der Waals surface area contributed by atoms with Gasteiger partial charge in [0.2, 0.25) is 5.91 Å². The van der Waals surface area contributed by atoms with Crippen LogP contribution in [-0.4, -0.2) is 35.2 Å². The minimum Gasteiger partial charge on any atom is -0.481 e. The molecule has 1 aliphatic heterocycles. The van der Waals surface area contributed by atoms with Crippen molar-refractivity contribution in [3.63, 3.8) is 0 Å². The van der Waals surface area contributed by atoms with Gasteiger partial charge in [0.15, 0.2) is 0 Å². The van der Waals surface area contributed by atoms with E-state index in [4.69, 9.17) is 9.94 Å². The molecule has 0 aromatic carbocycles. The van der Waals surface area contributed by atoms with Crippen LogP contribution in [0.4, 0.5) is 0 Å². The van der Waals surface area contributed by atoms with Crippen molar-refractivity contribution in [2.75, 3.05) is 13.2 Å². The lowest BCUT2D eigenvalue weighted by Gasteiger charge is -2.29. The fourth-order valence-corrected chi connectivity index (χ4v) is 2.53. The standard InChI is InChI=1S/C11H17NO4/c13-10(12-6-3-7-16-12)8-4-1-2-5-9(8)11(14)15/h8-9H,1-7H2,(H,14,15)/t8-,9+/m1/s1. The Bertz CT molecular complexity index is 286. The number of carbonyl (C=O) groups excluding carboxylic acids is 1. The first-order valence-corrected chi connectivity index (χ1v) is 5.87. The van der Waals surface area contributed by atoms with E-state index in [9.17, 15) is 9.59 Å². The molecule has 1 amide bonds. The van der Waals surface area contributed by atoms with Crippen LogP contribution in [0.15, 0.2) is 0 Å². The molecule has 1 aliphatic carbocycles. The summed E-state index contributed by atoms with van der Waals surface area (Å²) in [7, 11) is 0. The number of hydrogen-bond donors (Lipinski definition) is 1. The summed E-state index contributed by atoms with van der Waals surface area (Å²) in [5, 5.41) is 10.4. The number of nitrogens with zero attached hydrogens (tertiary/aromatic N) is 1. The van der Waals surface area contributed by atoms with Crippen LogP contribution in [0.5, 0.6) is 0 Å². The highest BCUT2D eigenvalue weighted by molar-refractivity contribution is 5.84. The Labute approximate surface area is 94.3 Å². The van der Waals surface area contributed by atoms with Crippen molar-refractivity contribution >= 4 is 11.9 Å². The normalized spacial score (nSPS) is 30.4. The smallest absolute Gasteiger partial charge is 0.307 e. The first-order valence-electron chi connectivity index (χ1n) is 5.87. The van der Waals surface area contributed by atoms with E-state index in [1.165, 1.54) is 5.06 Å². The number of hydroxylamine groups is 2. The molecule has 90 valence electrons. The number of rotatable bonds is 2. The second kappa shape index (κ2) is 4.82. The summed E-state index contributed by atoms with van der Waals surface area (Å²) in [5.41, 5.74) is 0. The minimum atomic E-state index is -0.850. The quantitative estimate of drug-likeness (QED) is 0.765. The molecule has 0 aromatic heterocycles. The van der Waals surface area contributed by atoms with Gasteiger partial charge in [0.05, 0.1) is 25.0 Å². The van der Waals surface area contributed by atoms with Crippen LogP contribution in [0.25, 0.3) is 0 Å². The van der Waals surface area contributed by atoms with Crippen molar-refractivity contribution in [3.05, 3.63) is 0 Å².